The highest BCUT2D eigenvalue weighted by atomic mass is 79.9. The van der Waals surface area contributed by atoms with Crippen LogP contribution in [0.4, 0.5) is 0 Å². The number of unbranched alkanes of at least 4 members (excludes halogenated alkanes) is 6. The van der Waals surface area contributed by atoms with Crippen LogP contribution in [0.2, 0.25) is 0 Å². The molecule has 0 aliphatic rings. The van der Waals surface area contributed by atoms with E-state index in [4.69, 9.17) is 9.31 Å². The molecule has 0 saturated carbocycles. The summed E-state index contributed by atoms with van der Waals surface area (Å²) in [7, 11) is -1.04. The second-order valence-electron chi connectivity index (χ2n) is 4.26. The highest BCUT2D eigenvalue weighted by Gasteiger charge is 2.14. The predicted molar refractivity (Wildman–Crippen MR) is 84.4 cm³/mol. The minimum absolute atomic E-state index is 0.576. The third kappa shape index (κ3) is 15.0. The van der Waals surface area contributed by atoms with Crippen molar-refractivity contribution in [3.05, 3.63) is 0 Å². The SMILES string of the molecule is OB(OCCCCCCBr)OCCCCCCBr. The maximum atomic E-state index is 9.40. The fourth-order valence-corrected chi connectivity index (χ4v) is 2.31. The lowest BCUT2D eigenvalue weighted by Crippen LogP contribution is -2.23. The van der Waals surface area contributed by atoms with E-state index in [9.17, 15) is 5.02 Å². The Balaban J connectivity index is 3.10. The van der Waals surface area contributed by atoms with Gasteiger partial charge in [0, 0.05) is 23.9 Å². The monoisotopic (exact) mass is 386 g/mol. The normalized spacial score (nSPS) is 10.8. The van der Waals surface area contributed by atoms with Gasteiger partial charge in [-0.25, -0.2) is 0 Å². The van der Waals surface area contributed by atoms with Crippen molar-refractivity contribution in [3.63, 3.8) is 0 Å². The molecule has 1 N–H and O–H groups in total. The Morgan fingerprint density at radius 2 is 1.06 bits per heavy atom. The second-order valence-corrected chi connectivity index (χ2v) is 5.84. The molecule has 0 amide bonds. The van der Waals surface area contributed by atoms with E-state index in [2.05, 4.69) is 31.9 Å². The number of rotatable bonds is 14. The molecule has 0 aliphatic heterocycles. The van der Waals surface area contributed by atoms with E-state index < -0.39 is 7.32 Å². The first kappa shape index (κ1) is 18.9. The molecule has 0 saturated heterocycles. The highest BCUT2D eigenvalue weighted by Crippen LogP contribution is 2.04. The lowest BCUT2D eigenvalue weighted by molar-refractivity contribution is 0.128. The van der Waals surface area contributed by atoms with Gasteiger partial charge in [-0.2, -0.15) is 0 Å². The summed E-state index contributed by atoms with van der Waals surface area (Å²) in [5.74, 6) is 0. The van der Waals surface area contributed by atoms with Crippen molar-refractivity contribution in [3.8, 4) is 0 Å². The highest BCUT2D eigenvalue weighted by molar-refractivity contribution is 9.09. The molecule has 0 aromatic heterocycles. The first-order chi connectivity index (χ1) is 8.81. The van der Waals surface area contributed by atoms with Crippen LogP contribution in [-0.2, 0) is 9.31 Å². The summed E-state index contributed by atoms with van der Waals surface area (Å²) in [6, 6.07) is 0. The van der Waals surface area contributed by atoms with Crippen LogP contribution in [-0.4, -0.2) is 36.2 Å². The fourth-order valence-electron chi connectivity index (χ4n) is 1.52. The van der Waals surface area contributed by atoms with Crippen molar-refractivity contribution in [2.24, 2.45) is 0 Å². The Morgan fingerprint density at radius 3 is 1.44 bits per heavy atom. The molecule has 0 spiro atoms. The summed E-state index contributed by atoms with van der Waals surface area (Å²) < 4.78 is 10.3. The van der Waals surface area contributed by atoms with Gasteiger partial charge in [0.25, 0.3) is 0 Å². The molecule has 0 aromatic rings. The van der Waals surface area contributed by atoms with Crippen LogP contribution in [0.25, 0.3) is 0 Å². The van der Waals surface area contributed by atoms with E-state index in [0.717, 1.165) is 36.3 Å². The zero-order chi connectivity index (χ0) is 13.5. The molecule has 6 heteroatoms. The summed E-state index contributed by atoms with van der Waals surface area (Å²) in [6.45, 7) is 1.15. The van der Waals surface area contributed by atoms with Crippen molar-refractivity contribution in [1.82, 2.24) is 0 Å². The topological polar surface area (TPSA) is 38.7 Å². The molecular formula is C12H25BBr2O3. The number of halogens is 2. The Hall–Kier alpha value is 0.905. The van der Waals surface area contributed by atoms with E-state index in [1.807, 2.05) is 0 Å². The van der Waals surface area contributed by atoms with Crippen LogP contribution in [0.3, 0.4) is 0 Å². The summed E-state index contributed by atoms with van der Waals surface area (Å²) in [6.07, 6.45) is 9.08. The van der Waals surface area contributed by atoms with E-state index in [-0.39, 0.29) is 0 Å². The first-order valence-corrected chi connectivity index (χ1v) is 9.08. The van der Waals surface area contributed by atoms with Crippen molar-refractivity contribution in [2.45, 2.75) is 51.4 Å². The quantitative estimate of drug-likeness (QED) is 0.279. The molecule has 108 valence electrons. The standard InChI is InChI=1S/C12H25BBr2O3/c14-9-5-1-3-7-11-17-13(16)18-12-8-4-2-6-10-15/h16H,1-12H2. The van der Waals surface area contributed by atoms with Crippen molar-refractivity contribution in [2.75, 3.05) is 23.9 Å². The molecular weight excluding hydrogens is 363 g/mol. The van der Waals surface area contributed by atoms with Crippen molar-refractivity contribution >= 4 is 39.2 Å². The molecule has 0 aromatic carbocycles. The van der Waals surface area contributed by atoms with Crippen molar-refractivity contribution < 1.29 is 14.3 Å². The molecule has 18 heavy (non-hydrogen) atoms. The van der Waals surface area contributed by atoms with Crippen LogP contribution >= 0.6 is 31.9 Å². The maximum absolute atomic E-state index is 9.40. The van der Waals surface area contributed by atoms with Gasteiger partial charge in [-0.05, 0) is 25.7 Å². The Bertz CT molecular complexity index is 148. The fraction of sp³-hybridized carbons (Fsp3) is 1.00. The van der Waals surface area contributed by atoms with Crippen LogP contribution in [0.5, 0.6) is 0 Å². The average Bonchev–Trinajstić information content (AvgIpc) is 2.38. The summed E-state index contributed by atoms with van der Waals surface area (Å²) in [4.78, 5) is 0. The maximum Gasteiger partial charge on any atom is 0.636 e. The second kappa shape index (κ2) is 16.0. The molecule has 0 atom stereocenters. The predicted octanol–water partition coefficient (Wildman–Crippen LogP) is 3.91. The van der Waals surface area contributed by atoms with Crippen LogP contribution in [0.15, 0.2) is 0 Å². The van der Waals surface area contributed by atoms with E-state index in [1.165, 1.54) is 25.7 Å². The zero-order valence-electron chi connectivity index (χ0n) is 11.1. The minimum Gasteiger partial charge on any atom is -0.402 e. The van der Waals surface area contributed by atoms with Gasteiger partial charge in [0.15, 0.2) is 0 Å². The molecule has 0 heterocycles. The number of alkyl halides is 2. The molecule has 0 rings (SSSR count). The molecule has 0 aliphatic carbocycles. The van der Waals surface area contributed by atoms with Crippen LogP contribution in [0, 0.1) is 0 Å². The number of hydrogen-bond acceptors (Lipinski definition) is 3. The molecule has 3 nitrogen and oxygen atoms in total. The van der Waals surface area contributed by atoms with E-state index >= 15 is 0 Å². The third-order valence-corrected chi connectivity index (χ3v) is 3.70. The largest absolute Gasteiger partial charge is 0.636 e. The van der Waals surface area contributed by atoms with Gasteiger partial charge in [-0.3, -0.25) is 0 Å². The summed E-state index contributed by atoms with van der Waals surface area (Å²) in [5.41, 5.74) is 0. The average molecular weight is 388 g/mol. The number of hydrogen-bond donors (Lipinski definition) is 1. The van der Waals surface area contributed by atoms with Gasteiger partial charge in [0.05, 0.1) is 0 Å². The van der Waals surface area contributed by atoms with E-state index in [1.54, 1.807) is 0 Å². The molecule has 0 unspecified atom stereocenters. The van der Waals surface area contributed by atoms with Crippen LogP contribution < -0.4 is 0 Å². The van der Waals surface area contributed by atoms with Gasteiger partial charge >= 0.3 is 7.32 Å². The lowest BCUT2D eigenvalue weighted by Gasteiger charge is -2.08. The Kier molecular flexibility index (Phi) is 16.8. The molecule has 0 radical (unpaired) electrons. The van der Waals surface area contributed by atoms with Crippen molar-refractivity contribution in [1.29, 1.82) is 0 Å². The van der Waals surface area contributed by atoms with Gasteiger partial charge in [-0.15, -0.1) is 0 Å². The van der Waals surface area contributed by atoms with Gasteiger partial charge < -0.3 is 14.3 Å². The molecule has 0 fully saturated rings. The summed E-state index contributed by atoms with van der Waals surface area (Å²) in [5, 5.41) is 11.5. The van der Waals surface area contributed by atoms with Gasteiger partial charge in [-0.1, -0.05) is 57.5 Å². The third-order valence-electron chi connectivity index (χ3n) is 2.58. The van der Waals surface area contributed by atoms with Crippen LogP contribution in [0.1, 0.15) is 51.4 Å². The minimum atomic E-state index is -1.04. The summed E-state index contributed by atoms with van der Waals surface area (Å²) >= 11 is 6.80. The first-order valence-electron chi connectivity index (χ1n) is 6.84. The van der Waals surface area contributed by atoms with E-state index in [0.29, 0.717) is 13.2 Å². The smallest absolute Gasteiger partial charge is 0.402 e. The lowest BCUT2D eigenvalue weighted by atomic mass is 10.2. The van der Waals surface area contributed by atoms with Gasteiger partial charge in [0.1, 0.15) is 0 Å². The molecule has 0 bridgehead atoms. The Labute approximate surface area is 128 Å². The van der Waals surface area contributed by atoms with Gasteiger partial charge in [0.2, 0.25) is 0 Å². The zero-order valence-corrected chi connectivity index (χ0v) is 14.3. The Morgan fingerprint density at radius 1 is 0.667 bits per heavy atom.